The Morgan fingerprint density at radius 1 is 1.44 bits per heavy atom. The molecule has 2 N–H and O–H groups in total. The number of aliphatic imine (C=N–C) groups is 1. The molecule has 0 saturated heterocycles. The van der Waals surface area contributed by atoms with Gasteiger partial charge in [-0.1, -0.05) is 11.6 Å². The highest BCUT2D eigenvalue weighted by atomic mass is 127. The van der Waals surface area contributed by atoms with E-state index in [2.05, 4.69) is 15.0 Å². The van der Waals surface area contributed by atoms with Crippen LogP contribution in [0.15, 0.2) is 4.99 Å². The van der Waals surface area contributed by atoms with Gasteiger partial charge in [0, 0.05) is 22.6 Å². The molecule has 2 heterocycles. The Bertz CT molecular complexity index is 508. The van der Waals surface area contributed by atoms with Crippen molar-refractivity contribution in [3.63, 3.8) is 0 Å². The van der Waals surface area contributed by atoms with Crippen molar-refractivity contribution in [3.05, 3.63) is 8.98 Å². The first-order valence-electron chi connectivity index (χ1n) is 4.10. The van der Waals surface area contributed by atoms with Crippen LogP contribution in [0.1, 0.15) is 0 Å². The zero-order chi connectivity index (χ0) is 13.9. The van der Waals surface area contributed by atoms with E-state index in [9.17, 15) is 13.2 Å². The monoisotopic (exact) mass is 394 g/mol. The van der Waals surface area contributed by atoms with Gasteiger partial charge in [-0.25, -0.2) is 4.98 Å². The maximum absolute atomic E-state index is 10.5. The number of aliphatic carboxylic acids is 1. The molecular weight excluding hydrogens is 391 g/mol. The van der Waals surface area contributed by atoms with Crippen molar-refractivity contribution in [3.8, 4) is 0 Å². The second-order valence-electron chi connectivity index (χ2n) is 2.75. The molecule has 0 bridgehead atoms. The standard InChI is InChI=1S/C5H2ClIN4.C2HF3O2/c6-3-2-4(9-1-8-2)11-5(7)10-3;3-2(4,5)1(6)7/h1H,(H,8,9,10,11);(H,6,7). The second kappa shape index (κ2) is 5.75. The number of rotatable bonds is 0. The maximum Gasteiger partial charge on any atom is 0.430 e. The molecular formula is C7H3ClF3IN4O2. The van der Waals surface area contributed by atoms with E-state index in [-0.39, 0.29) is 0 Å². The lowest BCUT2D eigenvalue weighted by Gasteiger charge is -2.03. The number of nitrogens with zero attached hydrogens (tertiary/aromatic N) is 3. The fraction of sp³-hybridized carbons (Fsp3) is 0.143. The summed E-state index contributed by atoms with van der Waals surface area (Å²) in [6.07, 6.45) is -3.53. The minimum absolute atomic E-state index is 0.421. The van der Waals surface area contributed by atoms with Crippen molar-refractivity contribution >= 4 is 58.0 Å². The van der Waals surface area contributed by atoms with Crippen LogP contribution in [0.25, 0.3) is 0 Å². The summed E-state index contributed by atoms with van der Waals surface area (Å²) < 4.78 is 32.2. The Balaban J connectivity index is 0.000000203. The van der Waals surface area contributed by atoms with Crippen molar-refractivity contribution in [2.45, 2.75) is 6.18 Å². The first kappa shape index (κ1) is 15.0. The van der Waals surface area contributed by atoms with Crippen LogP contribution >= 0.6 is 34.2 Å². The number of carboxylic acids is 1. The summed E-state index contributed by atoms with van der Waals surface area (Å²) in [5.41, 5.74) is 0.673. The van der Waals surface area contributed by atoms with Crippen LogP contribution in [0.2, 0.25) is 5.15 Å². The summed E-state index contributed by atoms with van der Waals surface area (Å²) in [7, 11) is 0. The number of carbonyl (C=O) groups excluding carboxylic acids is 1. The molecule has 0 unspecified atom stereocenters. The quantitative estimate of drug-likeness (QED) is 0.378. The van der Waals surface area contributed by atoms with E-state index in [1.807, 2.05) is 27.9 Å². The van der Waals surface area contributed by atoms with Gasteiger partial charge in [-0.05, 0) is 0 Å². The van der Waals surface area contributed by atoms with E-state index < -0.39 is 12.1 Å². The highest BCUT2D eigenvalue weighted by Gasteiger charge is 2.28. The van der Waals surface area contributed by atoms with Crippen LogP contribution in [-0.4, -0.2) is 28.5 Å². The van der Waals surface area contributed by atoms with Gasteiger partial charge in [-0.3, -0.25) is 5.32 Å². The molecule has 0 amide bonds. The Labute approximate surface area is 116 Å². The van der Waals surface area contributed by atoms with E-state index in [0.717, 1.165) is 5.82 Å². The van der Waals surface area contributed by atoms with Gasteiger partial charge in [0.1, 0.15) is 5.97 Å². The third-order valence-corrected chi connectivity index (χ3v) is 2.25. The molecule has 0 fully saturated rings. The Morgan fingerprint density at radius 2 is 2.00 bits per heavy atom. The first-order valence-corrected chi connectivity index (χ1v) is 5.56. The molecule has 0 radical (unpaired) electrons. The Kier molecular flexibility index (Phi) is 4.81. The number of quaternary nitrogens is 1. The van der Waals surface area contributed by atoms with Gasteiger partial charge < -0.3 is 9.90 Å². The molecule has 1 aliphatic heterocycles. The van der Waals surface area contributed by atoms with Crippen LogP contribution in [0.3, 0.4) is 0 Å². The van der Waals surface area contributed by atoms with Gasteiger partial charge in [0.25, 0.3) is 5.82 Å². The highest BCUT2D eigenvalue weighted by molar-refractivity contribution is 14.1. The molecule has 0 aliphatic carbocycles. The van der Waals surface area contributed by atoms with Crippen molar-refractivity contribution in [2.75, 3.05) is 0 Å². The summed E-state index contributed by atoms with van der Waals surface area (Å²) >= 11 is 7.80. The van der Waals surface area contributed by atoms with Gasteiger partial charge in [-0.2, -0.15) is 23.1 Å². The molecule has 0 aromatic carbocycles. The van der Waals surface area contributed by atoms with E-state index in [0.29, 0.717) is 14.7 Å². The number of carboxylic acid groups (broad SMARTS) is 1. The average Bonchev–Trinajstić information content (AvgIpc) is 2.64. The summed E-state index contributed by atoms with van der Waals surface area (Å²) in [6, 6.07) is 0. The molecule has 98 valence electrons. The minimum Gasteiger partial charge on any atom is -0.542 e. The van der Waals surface area contributed by atoms with E-state index in [1.165, 1.54) is 0 Å². The Morgan fingerprint density at radius 3 is 2.50 bits per heavy atom. The van der Waals surface area contributed by atoms with Crippen LogP contribution in [-0.2, 0) is 4.79 Å². The third kappa shape index (κ3) is 4.03. The number of hydrogen-bond acceptors (Lipinski definition) is 5. The minimum atomic E-state index is -5.19. The van der Waals surface area contributed by atoms with Crippen LogP contribution < -0.4 is 10.4 Å². The van der Waals surface area contributed by atoms with Crippen LogP contribution in [0, 0.1) is 3.83 Å². The number of halogens is 5. The van der Waals surface area contributed by atoms with Gasteiger partial charge >= 0.3 is 6.18 Å². The van der Waals surface area contributed by atoms with Gasteiger partial charge in [-0.15, -0.1) is 0 Å². The van der Waals surface area contributed by atoms with Crippen LogP contribution in [0.4, 0.5) is 24.7 Å². The fourth-order valence-electron chi connectivity index (χ4n) is 0.835. The zero-order valence-electron chi connectivity index (χ0n) is 8.20. The van der Waals surface area contributed by atoms with Crippen LogP contribution in [0.5, 0.6) is 0 Å². The number of fused-ring (bicyclic) bond motifs is 1. The lowest BCUT2D eigenvalue weighted by molar-refractivity contribution is -0.432. The zero-order valence-corrected chi connectivity index (χ0v) is 11.1. The fourth-order valence-corrected chi connectivity index (χ4v) is 1.70. The number of hydrogen-bond donors (Lipinski definition) is 1. The molecule has 0 spiro atoms. The highest BCUT2D eigenvalue weighted by Crippen LogP contribution is 2.28. The lowest BCUT2D eigenvalue weighted by atomic mass is 10.5. The summed E-state index contributed by atoms with van der Waals surface area (Å²) in [5, 5.41) is 11.0. The van der Waals surface area contributed by atoms with E-state index in [1.54, 1.807) is 6.34 Å². The van der Waals surface area contributed by atoms with Crippen molar-refractivity contribution in [1.29, 1.82) is 0 Å². The molecule has 1 aromatic heterocycles. The Hall–Kier alpha value is -1.01. The SMILES string of the molecule is Clc1nc(I)nc2c1N=C[NH2+]2.O=C([O-])C(F)(F)F. The lowest BCUT2D eigenvalue weighted by Crippen LogP contribution is -2.74. The average molecular weight is 394 g/mol. The normalized spacial score (nSPS) is 12.7. The summed E-state index contributed by atoms with van der Waals surface area (Å²) in [5.74, 6) is -2.21. The summed E-state index contributed by atoms with van der Waals surface area (Å²) in [6.45, 7) is 0. The van der Waals surface area contributed by atoms with Gasteiger partial charge in [0.05, 0.1) is 0 Å². The third-order valence-electron chi connectivity index (χ3n) is 1.51. The number of aromatic nitrogens is 2. The molecule has 6 nitrogen and oxygen atoms in total. The molecule has 18 heavy (non-hydrogen) atoms. The number of alkyl halides is 3. The maximum atomic E-state index is 10.5. The molecule has 0 saturated carbocycles. The van der Waals surface area contributed by atoms with E-state index in [4.69, 9.17) is 21.5 Å². The topological polar surface area (TPSA) is 94.9 Å². The first-order chi connectivity index (χ1) is 8.21. The molecule has 2 rings (SSSR count). The van der Waals surface area contributed by atoms with Crippen molar-refractivity contribution in [1.82, 2.24) is 9.97 Å². The number of carbonyl (C=O) groups is 1. The largest absolute Gasteiger partial charge is 0.542 e. The van der Waals surface area contributed by atoms with Gasteiger partial charge in [0.2, 0.25) is 0 Å². The predicted octanol–water partition coefficient (Wildman–Crippen LogP) is -0.0985. The molecule has 0 atom stereocenters. The van der Waals surface area contributed by atoms with Crippen molar-refractivity contribution in [2.24, 2.45) is 4.99 Å². The summed E-state index contributed by atoms with van der Waals surface area (Å²) in [4.78, 5) is 20.9. The molecule has 1 aromatic rings. The predicted molar refractivity (Wildman–Crippen MR) is 60.6 cm³/mol. The smallest absolute Gasteiger partial charge is 0.430 e. The number of nitrogens with two attached hydrogens (primary N) is 1. The second-order valence-corrected chi connectivity index (χ2v) is 4.07. The molecule has 11 heteroatoms. The van der Waals surface area contributed by atoms with Crippen molar-refractivity contribution < 1.29 is 28.4 Å². The van der Waals surface area contributed by atoms with Gasteiger partial charge in [0.15, 0.2) is 21.0 Å². The molecule has 1 aliphatic rings. The van der Waals surface area contributed by atoms with E-state index >= 15 is 0 Å².